The summed E-state index contributed by atoms with van der Waals surface area (Å²) in [5, 5.41) is 0.428. The first-order valence-corrected chi connectivity index (χ1v) is 7.23. The zero-order valence-corrected chi connectivity index (χ0v) is 13.0. The number of nitrogens with zero attached hydrogens (tertiary/aromatic N) is 1. The molecule has 3 rings (SSSR count). The van der Waals surface area contributed by atoms with Crippen molar-refractivity contribution in [2.24, 2.45) is 0 Å². The lowest BCUT2D eigenvalue weighted by atomic mass is 10.2. The molecule has 3 nitrogen and oxygen atoms in total. The average Bonchev–Trinajstić information content (AvgIpc) is 2.70. The summed E-state index contributed by atoms with van der Waals surface area (Å²) in [6, 6.07) is 9.66. The van der Waals surface area contributed by atoms with Crippen molar-refractivity contribution in [1.29, 1.82) is 0 Å². The Hall–Kier alpha value is -1.34. The van der Waals surface area contributed by atoms with Gasteiger partial charge in [0.05, 0.1) is 12.1 Å². The van der Waals surface area contributed by atoms with E-state index in [9.17, 15) is 9.18 Å². The number of halogens is 3. The average molecular weight is 404 g/mol. The van der Waals surface area contributed by atoms with Gasteiger partial charge in [0.1, 0.15) is 5.82 Å². The van der Waals surface area contributed by atoms with Gasteiger partial charge in [-0.25, -0.2) is 9.18 Å². The van der Waals surface area contributed by atoms with Gasteiger partial charge in [0.25, 0.3) is 0 Å². The fourth-order valence-electron chi connectivity index (χ4n) is 2.02. The van der Waals surface area contributed by atoms with Crippen LogP contribution in [-0.2, 0) is 6.54 Å². The molecule has 1 heterocycles. The topological polar surface area (TPSA) is 35.1 Å². The Morgan fingerprint density at radius 2 is 2.05 bits per heavy atom. The van der Waals surface area contributed by atoms with Crippen LogP contribution < -0.4 is 5.76 Å². The van der Waals surface area contributed by atoms with E-state index < -0.39 is 11.6 Å². The molecule has 20 heavy (non-hydrogen) atoms. The monoisotopic (exact) mass is 403 g/mol. The highest BCUT2D eigenvalue weighted by Crippen LogP contribution is 2.20. The highest BCUT2D eigenvalue weighted by atomic mass is 127. The van der Waals surface area contributed by atoms with Gasteiger partial charge in [0.2, 0.25) is 0 Å². The Morgan fingerprint density at radius 1 is 1.25 bits per heavy atom. The highest BCUT2D eigenvalue weighted by molar-refractivity contribution is 14.1. The molecule has 0 aliphatic heterocycles. The van der Waals surface area contributed by atoms with Crippen molar-refractivity contribution in [2.75, 3.05) is 0 Å². The predicted molar refractivity (Wildman–Crippen MR) is 83.7 cm³/mol. The van der Waals surface area contributed by atoms with Gasteiger partial charge in [-0.3, -0.25) is 4.57 Å². The molecule has 0 fully saturated rings. The second-order valence-corrected chi connectivity index (χ2v) is 5.98. The maximum absolute atomic E-state index is 13.8. The smallest absolute Gasteiger partial charge is 0.408 e. The molecule has 3 aromatic rings. The lowest BCUT2D eigenvalue weighted by molar-refractivity contribution is 0.512. The minimum absolute atomic E-state index is 0.0817. The predicted octanol–water partition coefficient (Wildman–Crippen LogP) is 4.04. The van der Waals surface area contributed by atoms with E-state index in [0.717, 1.165) is 3.57 Å². The Labute approximate surface area is 132 Å². The molecular weight excluding hydrogens is 396 g/mol. The quantitative estimate of drug-likeness (QED) is 0.606. The van der Waals surface area contributed by atoms with Crippen molar-refractivity contribution in [1.82, 2.24) is 4.57 Å². The van der Waals surface area contributed by atoms with Crippen LogP contribution in [0.2, 0.25) is 5.02 Å². The molecule has 6 heteroatoms. The second kappa shape index (κ2) is 5.21. The van der Waals surface area contributed by atoms with Crippen LogP contribution in [0.25, 0.3) is 11.1 Å². The number of oxazole rings is 1. The molecule has 0 unspecified atom stereocenters. The van der Waals surface area contributed by atoms with Gasteiger partial charge in [-0.05, 0) is 59.0 Å². The van der Waals surface area contributed by atoms with Crippen LogP contribution in [0.1, 0.15) is 5.56 Å². The van der Waals surface area contributed by atoms with E-state index in [1.165, 1.54) is 22.8 Å². The van der Waals surface area contributed by atoms with E-state index in [0.29, 0.717) is 21.7 Å². The largest absolute Gasteiger partial charge is 0.420 e. The van der Waals surface area contributed by atoms with Crippen LogP contribution in [0.4, 0.5) is 4.39 Å². The normalized spacial score (nSPS) is 11.2. The summed E-state index contributed by atoms with van der Waals surface area (Å²) < 4.78 is 21.3. The lowest BCUT2D eigenvalue weighted by Gasteiger charge is -2.05. The third-order valence-corrected chi connectivity index (χ3v) is 3.87. The van der Waals surface area contributed by atoms with Crippen molar-refractivity contribution >= 4 is 45.3 Å². The summed E-state index contributed by atoms with van der Waals surface area (Å²) in [5.74, 6) is -0.914. The van der Waals surface area contributed by atoms with Gasteiger partial charge in [-0.1, -0.05) is 11.6 Å². The summed E-state index contributed by atoms with van der Waals surface area (Å²) >= 11 is 8.01. The first-order valence-electron chi connectivity index (χ1n) is 5.77. The molecule has 0 aliphatic rings. The van der Waals surface area contributed by atoms with E-state index in [4.69, 9.17) is 16.0 Å². The maximum Gasteiger partial charge on any atom is 0.420 e. The van der Waals surface area contributed by atoms with Gasteiger partial charge in [0, 0.05) is 14.2 Å². The first-order chi connectivity index (χ1) is 9.54. The third kappa shape index (κ3) is 2.47. The molecular formula is C14H8ClFINO2. The van der Waals surface area contributed by atoms with Crippen molar-refractivity contribution in [3.05, 3.63) is 66.9 Å². The fourth-order valence-corrected chi connectivity index (χ4v) is 2.69. The number of fused-ring (bicyclic) bond motifs is 1. The van der Waals surface area contributed by atoms with E-state index >= 15 is 0 Å². The number of rotatable bonds is 2. The SMILES string of the molecule is O=c1oc2ccc(I)cc2n1Cc1cc(Cl)ccc1F. The summed E-state index contributed by atoms with van der Waals surface area (Å²) in [6.45, 7) is 0.0817. The Morgan fingerprint density at radius 3 is 2.85 bits per heavy atom. The van der Waals surface area contributed by atoms with Crippen LogP contribution >= 0.6 is 34.2 Å². The summed E-state index contributed by atoms with van der Waals surface area (Å²) in [7, 11) is 0. The minimum Gasteiger partial charge on any atom is -0.408 e. The standard InChI is InChI=1S/C14H8ClFINO2/c15-9-1-3-11(16)8(5-9)7-18-12-6-10(17)2-4-13(12)20-14(18)19/h1-6H,7H2. The van der Waals surface area contributed by atoms with Crippen molar-refractivity contribution in [2.45, 2.75) is 6.54 Å². The number of hydrogen-bond donors (Lipinski definition) is 0. The number of hydrogen-bond acceptors (Lipinski definition) is 2. The van der Waals surface area contributed by atoms with Crippen LogP contribution in [-0.4, -0.2) is 4.57 Å². The zero-order chi connectivity index (χ0) is 14.3. The van der Waals surface area contributed by atoms with Crippen LogP contribution in [0, 0.1) is 9.39 Å². The molecule has 0 radical (unpaired) electrons. The molecule has 0 aliphatic carbocycles. The van der Waals surface area contributed by atoms with Gasteiger partial charge >= 0.3 is 5.76 Å². The minimum atomic E-state index is -0.513. The molecule has 0 N–H and O–H groups in total. The Balaban J connectivity index is 2.15. The molecule has 0 saturated carbocycles. The first kappa shape index (κ1) is 13.6. The molecule has 102 valence electrons. The van der Waals surface area contributed by atoms with Gasteiger partial charge in [-0.2, -0.15) is 0 Å². The molecule has 0 spiro atoms. The molecule has 1 aromatic heterocycles. The molecule has 0 amide bonds. The fraction of sp³-hybridized carbons (Fsp3) is 0.0714. The Kier molecular flexibility index (Phi) is 3.55. The van der Waals surface area contributed by atoms with Crippen molar-refractivity contribution < 1.29 is 8.81 Å². The summed E-state index contributed by atoms with van der Waals surface area (Å²) in [5.41, 5.74) is 1.47. The molecule has 0 saturated heterocycles. The van der Waals surface area contributed by atoms with E-state index in [2.05, 4.69) is 22.6 Å². The van der Waals surface area contributed by atoms with Gasteiger partial charge in [0.15, 0.2) is 5.58 Å². The van der Waals surface area contributed by atoms with Crippen LogP contribution in [0.5, 0.6) is 0 Å². The summed E-state index contributed by atoms with van der Waals surface area (Å²) in [6.07, 6.45) is 0. The maximum atomic E-state index is 13.8. The van der Waals surface area contributed by atoms with Gasteiger partial charge < -0.3 is 4.42 Å². The lowest BCUT2D eigenvalue weighted by Crippen LogP contribution is -2.15. The summed E-state index contributed by atoms with van der Waals surface area (Å²) in [4.78, 5) is 11.9. The highest BCUT2D eigenvalue weighted by Gasteiger charge is 2.12. The zero-order valence-electron chi connectivity index (χ0n) is 10.1. The Bertz CT molecular complexity index is 856. The molecule has 0 atom stereocenters. The van der Waals surface area contributed by atoms with Crippen LogP contribution in [0.3, 0.4) is 0 Å². The second-order valence-electron chi connectivity index (χ2n) is 4.30. The number of benzene rings is 2. The van der Waals surface area contributed by atoms with Crippen molar-refractivity contribution in [3.63, 3.8) is 0 Å². The third-order valence-electron chi connectivity index (χ3n) is 2.97. The molecule has 0 bridgehead atoms. The van der Waals surface area contributed by atoms with Crippen LogP contribution in [0.15, 0.2) is 45.6 Å². The van der Waals surface area contributed by atoms with E-state index in [1.807, 2.05) is 12.1 Å². The van der Waals surface area contributed by atoms with Crippen molar-refractivity contribution in [3.8, 4) is 0 Å². The van der Waals surface area contributed by atoms with E-state index in [1.54, 1.807) is 6.07 Å². The van der Waals surface area contributed by atoms with E-state index in [-0.39, 0.29) is 6.54 Å². The number of aromatic nitrogens is 1. The molecule has 2 aromatic carbocycles. The van der Waals surface area contributed by atoms with Gasteiger partial charge in [-0.15, -0.1) is 0 Å².